The van der Waals surface area contributed by atoms with Crippen LogP contribution in [0.4, 0.5) is 0 Å². The highest BCUT2D eigenvalue weighted by Gasteiger charge is 2.29. The van der Waals surface area contributed by atoms with E-state index in [0.29, 0.717) is 6.04 Å². The van der Waals surface area contributed by atoms with Crippen molar-refractivity contribution in [1.29, 1.82) is 0 Å². The molecule has 3 rings (SSSR count). The standard InChI is InChI=1S/C18H28N2/c1-13-9-14(2)15(3)20(11-13)12-17-6-4-5-16-10-19-8-7-18(16)17/h4-6,13-15,19H,7-12H2,1-3H3. The second-order valence-electron chi connectivity index (χ2n) is 6.97. The highest BCUT2D eigenvalue weighted by molar-refractivity contribution is 5.37. The molecule has 1 N–H and O–H groups in total. The van der Waals surface area contributed by atoms with Gasteiger partial charge in [0.2, 0.25) is 0 Å². The molecule has 3 unspecified atom stereocenters. The second kappa shape index (κ2) is 5.87. The van der Waals surface area contributed by atoms with Crippen LogP contribution in [0.25, 0.3) is 0 Å². The summed E-state index contributed by atoms with van der Waals surface area (Å²) in [7, 11) is 0. The fourth-order valence-electron chi connectivity index (χ4n) is 4.02. The van der Waals surface area contributed by atoms with Crippen LogP contribution in [0.2, 0.25) is 0 Å². The molecule has 0 aliphatic carbocycles. The molecule has 1 saturated heterocycles. The lowest BCUT2D eigenvalue weighted by atomic mass is 9.85. The molecule has 20 heavy (non-hydrogen) atoms. The predicted molar refractivity (Wildman–Crippen MR) is 84.7 cm³/mol. The van der Waals surface area contributed by atoms with E-state index in [2.05, 4.69) is 49.2 Å². The van der Waals surface area contributed by atoms with Crippen molar-refractivity contribution in [2.24, 2.45) is 11.8 Å². The zero-order valence-electron chi connectivity index (χ0n) is 13.2. The second-order valence-corrected chi connectivity index (χ2v) is 6.97. The Morgan fingerprint density at radius 1 is 1.25 bits per heavy atom. The van der Waals surface area contributed by atoms with Crippen LogP contribution < -0.4 is 5.32 Å². The van der Waals surface area contributed by atoms with Crippen molar-refractivity contribution in [2.45, 2.75) is 52.7 Å². The van der Waals surface area contributed by atoms with E-state index in [1.165, 1.54) is 24.9 Å². The van der Waals surface area contributed by atoms with Gasteiger partial charge < -0.3 is 5.32 Å². The number of benzene rings is 1. The largest absolute Gasteiger partial charge is 0.312 e. The molecule has 0 aromatic heterocycles. The first-order valence-corrected chi connectivity index (χ1v) is 8.19. The minimum absolute atomic E-state index is 0.712. The van der Waals surface area contributed by atoms with E-state index in [0.717, 1.165) is 31.5 Å². The molecule has 1 aromatic rings. The van der Waals surface area contributed by atoms with Crippen LogP contribution in [-0.2, 0) is 19.5 Å². The molecule has 0 bridgehead atoms. The molecule has 0 radical (unpaired) electrons. The minimum atomic E-state index is 0.712. The van der Waals surface area contributed by atoms with Gasteiger partial charge >= 0.3 is 0 Å². The van der Waals surface area contributed by atoms with E-state index in [4.69, 9.17) is 0 Å². The Kier molecular flexibility index (Phi) is 4.13. The van der Waals surface area contributed by atoms with Gasteiger partial charge in [-0.25, -0.2) is 0 Å². The van der Waals surface area contributed by atoms with Crippen LogP contribution >= 0.6 is 0 Å². The minimum Gasteiger partial charge on any atom is -0.312 e. The molecule has 2 heterocycles. The molecule has 0 amide bonds. The fraction of sp³-hybridized carbons (Fsp3) is 0.667. The predicted octanol–water partition coefficient (Wildman–Crippen LogP) is 3.20. The average molecular weight is 272 g/mol. The summed E-state index contributed by atoms with van der Waals surface area (Å²) in [6.07, 6.45) is 2.58. The lowest BCUT2D eigenvalue weighted by Gasteiger charge is -2.41. The van der Waals surface area contributed by atoms with E-state index in [-0.39, 0.29) is 0 Å². The number of rotatable bonds is 2. The van der Waals surface area contributed by atoms with E-state index in [1.807, 2.05) is 0 Å². The van der Waals surface area contributed by atoms with Crippen LogP contribution in [0, 0.1) is 11.8 Å². The van der Waals surface area contributed by atoms with Gasteiger partial charge in [0.05, 0.1) is 0 Å². The average Bonchev–Trinajstić information content (AvgIpc) is 2.44. The molecule has 0 spiro atoms. The Balaban J connectivity index is 1.80. The molecule has 2 aliphatic heterocycles. The number of piperidine rings is 1. The first-order chi connectivity index (χ1) is 9.65. The molecule has 1 aromatic carbocycles. The van der Waals surface area contributed by atoms with Gasteiger partial charge in [-0.05, 0) is 54.8 Å². The summed E-state index contributed by atoms with van der Waals surface area (Å²) in [6, 6.07) is 7.59. The summed E-state index contributed by atoms with van der Waals surface area (Å²) in [5, 5.41) is 3.48. The first kappa shape index (κ1) is 14.1. The number of nitrogens with one attached hydrogen (secondary N) is 1. The van der Waals surface area contributed by atoms with Crippen LogP contribution in [0.5, 0.6) is 0 Å². The summed E-state index contributed by atoms with van der Waals surface area (Å²) in [5.41, 5.74) is 4.70. The third-order valence-electron chi connectivity index (χ3n) is 5.33. The smallest absolute Gasteiger partial charge is 0.0239 e. The Bertz CT molecular complexity index is 468. The third-order valence-corrected chi connectivity index (χ3v) is 5.33. The van der Waals surface area contributed by atoms with Gasteiger partial charge in [0.25, 0.3) is 0 Å². The highest BCUT2D eigenvalue weighted by atomic mass is 15.2. The lowest BCUT2D eigenvalue weighted by molar-refractivity contribution is 0.0727. The monoisotopic (exact) mass is 272 g/mol. The van der Waals surface area contributed by atoms with Crippen molar-refractivity contribution in [3.05, 3.63) is 34.9 Å². The van der Waals surface area contributed by atoms with Gasteiger partial charge in [0.1, 0.15) is 0 Å². The van der Waals surface area contributed by atoms with Gasteiger partial charge in [-0.3, -0.25) is 4.90 Å². The van der Waals surface area contributed by atoms with Gasteiger partial charge in [0.15, 0.2) is 0 Å². The Morgan fingerprint density at radius 3 is 2.95 bits per heavy atom. The van der Waals surface area contributed by atoms with Crippen LogP contribution in [-0.4, -0.2) is 24.0 Å². The van der Waals surface area contributed by atoms with Crippen molar-refractivity contribution < 1.29 is 0 Å². The molecule has 1 fully saturated rings. The van der Waals surface area contributed by atoms with E-state index in [1.54, 1.807) is 11.1 Å². The fourth-order valence-corrected chi connectivity index (χ4v) is 4.02. The Hall–Kier alpha value is -0.860. The molecule has 2 nitrogen and oxygen atoms in total. The van der Waals surface area contributed by atoms with Crippen molar-refractivity contribution >= 4 is 0 Å². The van der Waals surface area contributed by atoms with E-state index in [9.17, 15) is 0 Å². The summed E-state index contributed by atoms with van der Waals surface area (Å²) in [6.45, 7) is 11.8. The van der Waals surface area contributed by atoms with Crippen molar-refractivity contribution in [2.75, 3.05) is 13.1 Å². The molecule has 2 aliphatic rings. The van der Waals surface area contributed by atoms with Gasteiger partial charge in [0, 0.05) is 25.7 Å². The van der Waals surface area contributed by atoms with E-state index < -0.39 is 0 Å². The quantitative estimate of drug-likeness (QED) is 0.889. The number of hydrogen-bond acceptors (Lipinski definition) is 2. The van der Waals surface area contributed by atoms with Crippen LogP contribution in [0.15, 0.2) is 18.2 Å². The topological polar surface area (TPSA) is 15.3 Å². The zero-order chi connectivity index (χ0) is 14.1. The maximum absolute atomic E-state index is 3.48. The molecule has 110 valence electrons. The van der Waals surface area contributed by atoms with Gasteiger partial charge in [-0.1, -0.05) is 32.0 Å². The highest BCUT2D eigenvalue weighted by Crippen LogP contribution is 2.29. The molecule has 2 heteroatoms. The molecular formula is C18H28N2. The summed E-state index contributed by atoms with van der Waals surface area (Å²) < 4.78 is 0. The van der Waals surface area contributed by atoms with Gasteiger partial charge in [-0.2, -0.15) is 0 Å². The van der Waals surface area contributed by atoms with Crippen molar-refractivity contribution in [3.63, 3.8) is 0 Å². The third kappa shape index (κ3) is 2.77. The number of likely N-dealkylation sites (tertiary alicyclic amines) is 1. The van der Waals surface area contributed by atoms with Crippen molar-refractivity contribution in [3.8, 4) is 0 Å². The number of fused-ring (bicyclic) bond motifs is 1. The normalized spacial score (nSPS) is 31.1. The maximum Gasteiger partial charge on any atom is 0.0239 e. The Morgan fingerprint density at radius 2 is 2.10 bits per heavy atom. The molecule has 0 saturated carbocycles. The number of nitrogens with zero attached hydrogens (tertiary/aromatic N) is 1. The number of hydrogen-bond donors (Lipinski definition) is 1. The van der Waals surface area contributed by atoms with Gasteiger partial charge in [-0.15, -0.1) is 0 Å². The SMILES string of the molecule is CC1CC(C)C(C)N(Cc2cccc3c2CCNC3)C1. The Labute approximate surface area is 123 Å². The maximum atomic E-state index is 3.48. The van der Waals surface area contributed by atoms with Crippen LogP contribution in [0.1, 0.15) is 43.9 Å². The zero-order valence-corrected chi connectivity index (χ0v) is 13.2. The summed E-state index contributed by atoms with van der Waals surface area (Å²) in [4.78, 5) is 2.70. The van der Waals surface area contributed by atoms with Crippen molar-refractivity contribution in [1.82, 2.24) is 10.2 Å². The van der Waals surface area contributed by atoms with E-state index >= 15 is 0 Å². The molecular weight excluding hydrogens is 244 g/mol. The van der Waals surface area contributed by atoms with Crippen LogP contribution in [0.3, 0.4) is 0 Å². The summed E-state index contributed by atoms with van der Waals surface area (Å²) >= 11 is 0. The summed E-state index contributed by atoms with van der Waals surface area (Å²) in [5.74, 6) is 1.65. The lowest BCUT2D eigenvalue weighted by Crippen LogP contribution is -2.45. The first-order valence-electron chi connectivity index (χ1n) is 8.19. The molecule has 3 atom stereocenters.